The van der Waals surface area contributed by atoms with Gasteiger partial charge in [-0.25, -0.2) is 0 Å². The molecule has 1 fully saturated rings. The zero-order chi connectivity index (χ0) is 13.2. The van der Waals surface area contributed by atoms with Gasteiger partial charge in [-0.05, 0) is 44.9 Å². The first-order valence-corrected chi connectivity index (χ1v) is 7.98. The number of benzene rings is 1. The fraction of sp³-hybridized carbons (Fsp3) is 0.500. The van der Waals surface area contributed by atoms with E-state index in [0.717, 1.165) is 15.4 Å². The van der Waals surface area contributed by atoms with Crippen LogP contribution in [0.4, 0.5) is 0 Å². The number of thioether (sulfide) groups is 1. The Morgan fingerprint density at radius 3 is 2.61 bits per heavy atom. The van der Waals surface area contributed by atoms with Gasteiger partial charge in [0.25, 0.3) is 0 Å². The van der Waals surface area contributed by atoms with Crippen LogP contribution in [0.15, 0.2) is 33.7 Å². The van der Waals surface area contributed by atoms with Crippen molar-refractivity contribution < 1.29 is 0 Å². The SMILES string of the molecule is CC(N=C1NC(C)(C)CCS1)c1ccc(Br)cc1. The average Bonchev–Trinajstić information content (AvgIpc) is 2.28. The first kappa shape index (κ1) is 13.9. The molecule has 1 aliphatic rings. The number of hydrogen-bond donors (Lipinski definition) is 1. The van der Waals surface area contributed by atoms with Gasteiger partial charge in [0.05, 0.1) is 6.04 Å². The van der Waals surface area contributed by atoms with E-state index in [1.807, 2.05) is 11.8 Å². The standard InChI is InChI=1S/C14H19BrN2S/c1-10(11-4-6-12(15)7-5-11)16-13-17-14(2,3)8-9-18-13/h4-7,10H,8-9H2,1-3H3,(H,16,17). The molecule has 98 valence electrons. The molecule has 1 saturated heterocycles. The van der Waals surface area contributed by atoms with E-state index >= 15 is 0 Å². The molecule has 1 N–H and O–H groups in total. The second-order valence-electron chi connectivity index (χ2n) is 5.27. The molecule has 1 heterocycles. The van der Waals surface area contributed by atoms with Gasteiger partial charge in [0, 0.05) is 15.8 Å². The zero-order valence-corrected chi connectivity index (χ0v) is 13.4. The van der Waals surface area contributed by atoms with E-state index in [4.69, 9.17) is 4.99 Å². The Bertz CT molecular complexity index is 440. The molecule has 18 heavy (non-hydrogen) atoms. The molecule has 1 unspecified atom stereocenters. The molecule has 0 amide bonds. The maximum Gasteiger partial charge on any atom is 0.157 e. The Balaban J connectivity index is 2.10. The van der Waals surface area contributed by atoms with Crippen molar-refractivity contribution in [2.75, 3.05) is 5.75 Å². The van der Waals surface area contributed by atoms with Crippen LogP contribution in [0.3, 0.4) is 0 Å². The molecule has 2 nitrogen and oxygen atoms in total. The van der Waals surface area contributed by atoms with Crippen molar-refractivity contribution in [3.05, 3.63) is 34.3 Å². The van der Waals surface area contributed by atoms with Crippen LogP contribution in [0, 0.1) is 0 Å². The molecule has 0 aliphatic carbocycles. The van der Waals surface area contributed by atoms with Crippen molar-refractivity contribution in [1.29, 1.82) is 0 Å². The van der Waals surface area contributed by atoms with Gasteiger partial charge in [0.15, 0.2) is 5.17 Å². The summed E-state index contributed by atoms with van der Waals surface area (Å²) in [6.07, 6.45) is 1.18. The summed E-state index contributed by atoms with van der Waals surface area (Å²) in [6.45, 7) is 6.60. The van der Waals surface area contributed by atoms with Gasteiger partial charge in [0.1, 0.15) is 0 Å². The van der Waals surface area contributed by atoms with Gasteiger partial charge in [0.2, 0.25) is 0 Å². The van der Waals surface area contributed by atoms with Crippen molar-refractivity contribution in [2.24, 2.45) is 4.99 Å². The van der Waals surface area contributed by atoms with Crippen LogP contribution in [0.2, 0.25) is 0 Å². The lowest BCUT2D eigenvalue weighted by Gasteiger charge is -2.32. The maximum absolute atomic E-state index is 4.78. The molecule has 0 saturated carbocycles. The van der Waals surface area contributed by atoms with Gasteiger partial charge in [-0.15, -0.1) is 0 Å². The molecule has 0 bridgehead atoms. The van der Waals surface area contributed by atoms with Crippen LogP contribution in [0.25, 0.3) is 0 Å². The first-order chi connectivity index (χ1) is 8.46. The van der Waals surface area contributed by atoms with Crippen molar-refractivity contribution >= 4 is 32.9 Å². The van der Waals surface area contributed by atoms with Gasteiger partial charge < -0.3 is 5.32 Å². The minimum absolute atomic E-state index is 0.170. The number of aliphatic imine (C=N–C) groups is 1. The molecule has 4 heteroatoms. The number of nitrogens with zero attached hydrogens (tertiary/aromatic N) is 1. The van der Waals surface area contributed by atoms with E-state index in [1.165, 1.54) is 12.0 Å². The van der Waals surface area contributed by atoms with Crippen LogP contribution in [0.5, 0.6) is 0 Å². The Kier molecular flexibility index (Phi) is 4.38. The molecular weight excluding hydrogens is 308 g/mol. The van der Waals surface area contributed by atoms with E-state index in [0.29, 0.717) is 0 Å². The van der Waals surface area contributed by atoms with Gasteiger partial charge >= 0.3 is 0 Å². The topological polar surface area (TPSA) is 24.4 Å². The highest BCUT2D eigenvalue weighted by Crippen LogP contribution is 2.25. The third kappa shape index (κ3) is 3.75. The highest BCUT2D eigenvalue weighted by Gasteiger charge is 2.24. The molecule has 1 aromatic rings. The van der Waals surface area contributed by atoms with E-state index in [-0.39, 0.29) is 11.6 Å². The predicted octanol–water partition coefficient (Wildman–Crippen LogP) is 4.37. The molecule has 0 aromatic heterocycles. The lowest BCUT2D eigenvalue weighted by atomic mass is 10.0. The largest absolute Gasteiger partial charge is 0.360 e. The van der Waals surface area contributed by atoms with Crippen LogP contribution < -0.4 is 5.32 Å². The summed E-state index contributed by atoms with van der Waals surface area (Å²) in [4.78, 5) is 4.78. The lowest BCUT2D eigenvalue weighted by Crippen LogP contribution is -2.46. The van der Waals surface area contributed by atoms with Crippen LogP contribution >= 0.6 is 27.7 Å². The molecule has 2 rings (SSSR count). The fourth-order valence-electron chi connectivity index (χ4n) is 1.85. The quantitative estimate of drug-likeness (QED) is 0.872. The molecule has 1 atom stereocenters. The number of amidine groups is 1. The highest BCUT2D eigenvalue weighted by atomic mass is 79.9. The van der Waals surface area contributed by atoms with E-state index in [9.17, 15) is 0 Å². The van der Waals surface area contributed by atoms with Gasteiger partial charge in [-0.2, -0.15) is 0 Å². The Labute approximate surface area is 122 Å². The highest BCUT2D eigenvalue weighted by molar-refractivity contribution is 9.10. The molecule has 0 spiro atoms. The smallest absolute Gasteiger partial charge is 0.157 e. The summed E-state index contributed by atoms with van der Waals surface area (Å²) in [5.41, 5.74) is 1.42. The molecular formula is C14H19BrN2S. The Morgan fingerprint density at radius 2 is 2.00 bits per heavy atom. The summed E-state index contributed by atoms with van der Waals surface area (Å²) < 4.78 is 1.11. The third-order valence-electron chi connectivity index (χ3n) is 3.07. The summed E-state index contributed by atoms with van der Waals surface area (Å²) in [6, 6.07) is 8.57. The summed E-state index contributed by atoms with van der Waals surface area (Å²) in [5.74, 6) is 1.14. The van der Waals surface area contributed by atoms with Gasteiger partial charge in [-0.3, -0.25) is 4.99 Å². The van der Waals surface area contributed by atoms with Crippen molar-refractivity contribution in [3.8, 4) is 0 Å². The van der Waals surface area contributed by atoms with Crippen molar-refractivity contribution in [2.45, 2.75) is 38.8 Å². The normalized spacial score (nSPS) is 22.6. The van der Waals surface area contributed by atoms with E-state index in [2.05, 4.69) is 66.3 Å². The fourth-order valence-corrected chi connectivity index (χ4v) is 3.50. The molecule has 0 radical (unpaired) electrons. The minimum atomic E-state index is 0.170. The number of rotatable bonds is 2. The summed E-state index contributed by atoms with van der Waals surface area (Å²) >= 11 is 5.28. The average molecular weight is 327 g/mol. The monoisotopic (exact) mass is 326 g/mol. The maximum atomic E-state index is 4.78. The predicted molar refractivity (Wildman–Crippen MR) is 84.3 cm³/mol. The second-order valence-corrected chi connectivity index (χ2v) is 7.27. The Hall–Kier alpha value is -0.480. The number of nitrogens with one attached hydrogen (secondary N) is 1. The number of hydrogen-bond acceptors (Lipinski definition) is 2. The summed E-state index contributed by atoms with van der Waals surface area (Å²) in [5, 5.41) is 4.58. The van der Waals surface area contributed by atoms with Gasteiger partial charge in [-0.1, -0.05) is 39.8 Å². The minimum Gasteiger partial charge on any atom is -0.360 e. The Morgan fingerprint density at radius 1 is 1.33 bits per heavy atom. The van der Waals surface area contributed by atoms with Crippen LogP contribution in [0.1, 0.15) is 38.8 Å². The first-order valence-electron chi connectivity index (χ1n) is 6.20. The van der Waals surface area contributed by atoms with Crippen molar-refractivity contribution in [3.63, 3.8) is 0 Å². The van der Waals surface area contributed by atoms with Crippen LogP contribution in [-0.4, -0.2) is 16.5 Å². The lowest BCUT2D eigenvalue weighted by molar-refractivity contribution is 0.445. The zero-order valence-electron chi connectivity index (χ0n) is 11.0. The van der Waals surface area contributed by atoms with Crippen molar-refractivity contribution in [1.82, 2.24) is 5.32 Å². The number of halogens is 1. The van der Waals surface area contributed by atoms with E-state index in [1.54, 1.807) is 0 Å². The molecule has 1 aliphatic heterocycles. The third-order valence-corrected chi connectivity index (χ3v) is 4.49. The summed E-state index contributed by atoms with van der Waals surface area (Å²) in [7, 11) is 0. The van der Waals surface area contributed by atoms with E-state index < -0.39 is 0 Å². The van der Waals surface area contributed by atoms with Crippen LogP contribution in [-0.2, 0) is 0 Å². The molecule has 1 aromatic carbocycles. The second kappa shape index (κ2) is 5.66.